The van der Waals surface area contributed by atoms with Crippen molar-refractivity contribution in [3.63, 3.8) is 0 Å². The van der Waals surface area contributed by atoms with Crippen LogP contribution in [0.15, 0.2) is 55.0 Å². The lowest BCUT2D eigenvalue weighted by atomic mass is 10.2. The predicted molar refractivity (Wildman–Crippen MR) is 92.3 cm³/mol. The van der Waals surface area contributed by atoms with Crippen molar-refractivity contribution in [2.75, 3.05) is 36.5 Å². The molecule has 1 aromatic carbocycles. The number of ether oxygens (including phenoxy) is 1. The largest absolute Gasteiger partial charge is 0.378 e. The van der Waals surface area contributed by atoms with Gasteiger partial charge in [0.2, 0.25) is 0 Å². The van der Waals surface area contributed by atoms with E-state index in [1.165, 1.54) is 0 Å². The van der Waals surface area contributed by atoms with Gasteiger partial charge >= 0.3 is 0 Å². The SMILES string of the molecule is c1ccc2c(Nc3cncc(N4CCOCC4)c3)ccnc2c1. The summed E-state index contributed by atoms with van der Waals surface area (Å²) in [5.41, 5.74) is 4.12. The summed E-state index contributed by atoms with van der Waals surface area (Å²) >= 11 is 0. The van der Waals surface area contributed by atoms with Crippen molar-refractivity contribution in [2.24, 2.45) is 0 Å². The summed E-state index contributed by atoms with van der Waals surface area (Å²) in [6.07, 6.45) is 5.57. The molecule has 3 aromatic rings. The van der Waals surface area contributed by atoms with E-state index in [0.717, 1.165) is 54.3 Å². The van der Waals surface area contributed by atoms with Gasteiger partial charge in [0.1, 0.15) is 0 Å². The monoisotopic (exact) mass is 306 g/mol. The summed E-state index contributed by atoms with van der Waals surface area (Å²) in [5.74, 6) is 0. The molecule has 116 valence electrons. The number of benzene rings is 1. The molecule has 0 radical (unpaired) electrons. The Morgan fingerprint density at radius 2 is 1.91 bits per heavy atom. The van der Waals surface area contributed by atoms with E-state index in [1.54, 1.807) is 0 Å². The van der Waals surface area contributed by atoms with Crippen LogP contribution in [0.1, 0.15) is 0 Å². The van der Waals surface area contributed by atoms with Gasteiger partial charge in [-0.25, -0.2) is 0 Å². The van der Waals surface area contributed by atoms with Crippen LogP contribution in [0.25, 0.3) is 10.9 Å². The predicted octanol–water partition coefficient (Wildman–Crippen LogP) is 3.21. The van der Waals surface area contributed by atoms with Gasteiger partial charge in [-0.1, -0.05) is 18.2 Å². The molecule has 4 rings (SSSR count). The van der Waals surface area contributed by atoms with Gasteiger partial charge in [0, 0.05) is 30.4 Å². The molecule has 0 saturated carbocycles. The molecule has 0 unspecified atom stereocenters. The minimum atomic E-state index is 0.770. The fraction of sp³-hybridized carbons (Fsp3) is 0.222. The summed E-state index contributed by atoms with van der Waals surface area (Å²) in [4.78, 5) is 11.1. The number of fused-ring (bicyclic) bond motifs is 1. The molecule has 0 spiro atoms. The summed E-state index contributed by atoms with van der Waals surface area (Å²) in [5, 5.41) is 4.57. The van der Waals surface area contributed by atoms with E-state index in [9.17, 15) is 0 Å². The minimum Gasteiger partial charge on any atom is -0.378 e. The number of hydrogen-bond acceptors (Lipinski definition) is 5. The van der Waals surface area contributed by atoms with Crippen molar-refractivity contribution >= 4 is 28.0 Å². The summed E-state index contributed by atoms with van der Waals surface area (Å²) in [6.45, 7) is 3.35. The summed E-state index contributed by atoms with van der Waals surface area (Å²) in [6, 6.07) is 12.2. The first kappa shape index (κ1) is 14.0. The molecule has 1 fully saturated rings. The lowest BCUT2D eigenvalue weighted by Gasteiger charge is -2.28. The third-order valence-electron chi connectivity index (χ3n) is 4.03. The number of nitrogens with zero attached hydrogens (tertiary/aromatic N) is 3. The topological polar surface area (TPSA) is 50.3 Å². The molecule has 0 aliphatic carbocycles. The molecular formula is C18H18N4O. The Morgan fingerprint density at radius 3 is 2.83 bits per heavy atom. The lowest BCUT2D eigenvalue weighted by molar-refractivity contribution is 0.122. The van der Waals surface area contributed by atoms with Crippen LogP contribution >= 0.6 is 0 Å². The van der Waals surface area contributed by atoms with Crippen molar-refractivity contribution in [1.29, 1.82) is 0 Å². The highest BCUT2D eigenvalue weighted by Crippen LogP contribution is 2.26. The van der Waals surface area contributed by atoms with Crippen LogP contribution in [0.5, 0.6) is 0 Å². The van der Waals surface area contributed by atoms with Gasteiger partial charge in [0.05, 0.1) is 42.5 Å². The van der Waals surface area contributed by atoms with Crippen molar-refractivity contribution in [1.82, 2.24) is 9.97 Å². The van der Waals surface area contributed by atoms with Gasteiger partial charge in [-0.15, -0.1) is 0 Å². The highest BCUT2D eigenvalue weighted by atomic mass is 16.5. The smallest absolute Gasteiger partial charge is 0.0722 e. The van der Waals surface area contributed by atoms with Crippen molar-refractivity contribution < 1.29 is 4.74 Å². The highest BCUT2D eigenvalue weighted by molar-refractivity contribution is 5.92. The van der Waals surface area contributed by atoms with E-state index in [1.807, 2.05) is 42.9 Å². The maximum absolute atomic E-state index is 5.41. The first-order valence-electron chi connectivity index (χ1n) is 7.79. The summed E-state index contributed by atoms with van der Waals surface area (Å²) < 4.78 is 5.41. The van der Waals surface area contributed by atoms with Crippen LogP contribution in [0.2, 0.25) is 0 Å². The molecule has 2 aromatic heterocycles. The second-order valence-electron chi connectivity index (χ2n) is 5.53. The van der Waals surface area contributed by atoms with Crippen molar-refractivity contribution in [2.45, 2.75) is 0 Å². The van der Waals surface area contributed by atoms with Gasteiger partial charge in [0.15, 0.2) is 0 Å². The van der Waals surface area contributed by atoms with Gasteiger partial charge in [-0.2, -0.15) is 0 Å². The number of nitrogens with one attached hydrogen (secondary N) is 1. The molecule has 3 heterocycles. The Kier molecular flexibility index (Phi) is 3.78. The molecule has 23 heavy (non-hydrogen) atoms. The second-order valence-corrected chi connectivity index (χ2v) is 5.53. The molecule has 1 N–H and O–H groups in total. The van der Waals surface area contributed by atoms with Crippen LogP contribution in [0.3, 0.4) is 0 Å². The van der Waals surface area contributed by atoms with Crippen LogP contribution in [-0.4, -0.2) is 36.3 Å². The lowest BCUT2D eigenvalue weighted by Crippen LogP contribution is -2.36. The number of pyridine rings is 2. The molecule has 0 atom stereocenters. The molecule has 1 aliphatic heterocycles. The zero-order chi connectivity index (χ0) is 15.5. The number of para-hydroxylation sites is 1. The normalized spacial score (nSPS) is 14.9. The zero-order valence-corrected chi connectivity index (χ0v) is 12.8. The van der Waals surface area contributed by atoms with Crippen LogP contribution < -0.4 is 10.2 Å². The maximum atomic E-state index is 5.41. The Morgan fingerprint density at radius 1 is 1.04 bits per heavy atom. The van der Waals surface area contributed by atoms with E-state index < -0.39 is 0 Å². The van der Waals surface area contributed by atoms with Gasteiger partial charge in [0.25, 0.3) is 0 Å². The fourth-order valence-corrected chi connectivity index (χ4v) is 2.85. The number of aromatic nitrogens is 2. The highest BCUT2D eigenvalue weighted by Gasteiger charge is 2.12. The molecule has 5 heteroatoms. The van der Waals surface area contributed by atoms with E-state index >= 15 is 0 Å². The third kappa shape index (κ3) is 2.96. The van der Waals surface area contributed by atoms with Gasteiger partial charge < -0.3 is 15.0 Å². The minimum absolute atomic E-state index is 0.770. The molecule has 0 bridgehead atoms. The van der Waals surface area contributed by atoms with Crippen molar-refractivity contribution in [3.8, 4) is 0 Å². The van der Waals surface area contributed by atoms with Crippen molar-refractivity contribution in [3.05, 3.63) is 55.0 Å². The van der Waals surface area contributed by atoms with Crippen LogP contribution in [0.4, 0.5) is 17.1 Å². The average molecular weight is 306 g/mol. The average Bonchev–Trinajstić information content (AvgIpc) is 2.63. The first-order chi connectivity index (χ1) is 11.4. The Hall–Kier alpha value is -2.66. The molecule has 0 amide bonds. The number of hydrogen-bond donors (Lipinski definition) is 1. The number of morpholine rings is 1. The quantitative estimate of drug-likeness (QED) is 0.805. The van der Waals surface area contributed by atoms with Crippen LogP contribution in [0, 0.1) is 0 Å². The van der Waals surface area contributed by atoms with E-state index in [0.29, 0.717) is 0 Å². The molecule has 5 nitrogen and oxygen atoms in total. The second kappa shape index (κ2) is 6.22. The number of rotatable bonds is 3. The van der Waals surface area contributed by atoms with E-state index in [4.69, 9.17) is 4.74 Å². The van der Waals surface area contributed by atoms with Crippen LogP contribution in [-0.2, 0) is 4.74 Å². The Balaban J connectivity index is 1.63. The number of anilines is 3. The first-order valence-corrected chi connectivity index (χ1v) is 7.79. The summed E-state index contributed by atoms with van der Waals surface area (Å²) in [7, 11) is 0. The van der Waals surface area contributed by atoms with Gasteiger partial charge in [-0.3, -0.25) is 9.97 Å². The zero-order valence-electron chi connectivity index (χ0n) is 12.8. The Bertz CT molecular complexity index is 809. The molecule has 1 saturated heterocycles. The van der Waals surface area contributed by atoms with E-state index in [2.05, 4.69) is 32.3 Å². The third-order valence-corrected chi connectivity index (χ3v) is 4.03. The Labute approximate surface area is 134 Å². The maximum Gasteiger partial charge on any atom is 0.0722 e. The molecule has 1 aliphatic rings. The van der Waals surface area contributed by atoms with Gasteiger partial charge in [-0.05, 0) is 18.2 Å². The fourth-order valence-electron chi connectivity index (χ4n) is 2.85. The molecular weight excluding hydrogens is 288 g/mol. The standard InChI is InChI=1S/C18H18N4O/c1-2-4-17-16(3-1)18(5-6-20-17)21-14-11-15(13-19-12-14)22-7-9-23-10-8-22/h1-6,11-13H,7-10H2,(H,20,21). The van der Waals surface area contributed by atoms with E-state index in [-0.39, 0.29) is 0 Å².